The average molecular weight is 240 g/mol. The van der Waals surface area contributed by atoms with Gasteiger partial charge in [0, 0.05) is 18.5 Å². The van der Waals surface area contributed by atoms with Crippen LogP contribution in [0.3, 0.4) is 0 Å². The minimum Gasteiger partial charge on any atom is -0.364 e. The lowest BCUT2D eigenvalue weighted by Crippen LogP contribution is -1.98. The summed E-state index contributed by atoms with van der Waals surface area (Å²) in [6.07, 6.45) is 4.90. The highest BCUT2D eigenvalue weighted by molar-refractivity contribution is 9.09. The van der Waals surface area contributed by atoms with Gasteiger partial charge in [-0.3, -0.25) is 0 Å². The van der Waals surface area contributed by atoms with Crippen molar-refractivity contribution in [2.75, 3.05) is 0 Å². The van der Waals surface area contributed by atoms with Crippen molar-refractivity contribution >= 4 is 15.9 Å². The van der Waals surface area contributed by atoms with Gasteiger partial charge in [0.15, 0.2) is 0 Å². The van der Waals surface area contributed by atoms with Gasteiger partial charge >= 0.3 is 0 Å². The van der Waals surface area contributed by atoms with Crippen LogP contribution in [0.25, 0.3) is 0 Å². The summed E-state index contributed by atoms with van der Waals surface area (Å²) < 4.78 is 4.72. The molecule has 2 heterocycles. The highest BCUT2D eigenvalue weighted by atomic mass is 79.9. The number of alkyl halides is 1. The lowest BCUT2D eigenvalue weighted by atomic mass is 10.3. The highest BCUT2D eigenvalue weighted by Gasteiger charge is 2.14. The van der Waals surface area contributed by atoms with E-state index in [-0.39, 0.29) is 4.83 Å². The molecule has 2 aromatic heterocycles. The van der Waals surface area contributed by atoms with Crippen LogP contribution in [-0.2, 0) is 0 Å². The Balaban J connectivity index is 2.29. The molecule has 0 fully saturated rings. The molecule has 4 nitrogen and oxygen atoms in total. The summed E-state index contributed by atoms with van der Waals surface area (Å²) in [4.78, 5) is 8.09. The van der Waals surface area contributed by atoms with Crippen molar-refractivity contribution in [3.05, 3.63) is 42.3 Å². The summed E-state index contributed by atoms with van der Waals surface area (Å²) in [5, 5.41) is 3.79. The van der Waals surface area contributed by atoms with Crippen LogP contribution in [-0.4, -0.2) is 15.1 Å². The Morgan fingerprint density at radius 3 is 2.69 bits per heavy atom. The van der Waals surface area contributed by atoms with Crippen LogP contribution >= 0.6 is 15.9 Å². The number of nitrogens with zero attached hydrogens (tertiary/aromatic N) is 3. The van der Waals surface area contributed by atoms with Gasteiger partial charge in [0.05, 0.1) is 0 Å². The zero-order valence-electron chi connectivity index (χ0n) is 6.59. The number of hydrogen-bond donors (Lipinski definition) is 0. The van der Waals surface area contributed by atoms with E-state index < -0.39 is 0 Å². The first-order chi connectivity index (χ1) is 6.38. The lowest BCUT2D eigenvalue weighted by molar-refractivity contribution is 0.412. The maximum Gasteiger partial charge on any atom is 0.147 e. The maximum atomic E-state index is 4.72. The van der Waals surface area contributed by atoms with Crippen LogP contribution in [0.15, 0.2) is 35.3 Å². The van der Waals surface area contributed by atoms with Gasteiger partial charge in [-0.1, -0.05) is 21.1 Å². The second-order valence-corrected chi connectivity index (χ2v) is 3.31. The quantitative estimate of drug-likeness (QED) is 0.752. The normalized spacial score (nSPS) is 12.7. The molecule has 66 valence electrons. The largest absolute Gasteiger partial charge is 0.364 e. The molecule has 0 radical (unpaired) electrons. The van der Waals surface area contributed by atoms with Crippen molar-refractivity contribution in [1.82, 2.24) is 15.1 Å². The molecule has 0 aliphatic heterocycles. The Hall–Kier alpha value is -1.23. The molecule has 0 aromatic carbocycles. The van der Waals surface area contributed by atoms with Crippen molar-refractivity contribution in [2.45, 2.75) is 4.83 Å². The van der Waals surface area contributed by atoms with Crippen molar-refractivity contribution in [3.63, 3.8) is 0 Å². The number of hydrogen-bond acceptors (Lipinski definition) is 4. The van der Waals surface area contributed by atoms with Crippen molar-refractivity contribution in [3.8, 4) is 0 Å². The first-order valence-corrected chi connectivity index (χ1v) is 4.61. The van der Waals surface area contributed by atoms with Gasteiger partial charge < -0.3 is 4.52 Å². The molecule has 0 saturated heterocycles. The predicted octanol–water partition coefficient (Wildman–Crippen LogP) is 1.95. The fourth-order valence-electron chi connectivity index (χ4n) is 0.926. The zero-order valence-corrected chi connectivity index (χ0v) is 8.18. The smallest absolute Gasteiger partial charge is 0.147 e. The number of rotatable bonds is 2. The van der Waals surface area contributed by atoms with E-state index in [9.17, 15) is 0 Å². The predicted molar refractivity (Wildman–Crippen MR) is 49.3 cm³/mol. The molecule has 1 unspecified atom stereocenters. The molecule has 0 spiro atoms. The van der Waals surface area contributed by atoms with Gasteiger partial charge in [-0.25, -0.2) is 9.97 Å². The molecule has 0 bridgehead atoms. The lowest BCUT2D eigenvalue weighted by Gasteiger charge is -2.02. The van der Waals surface area contributed by atoms with Crippen molar-refractivity contribution < 1.29 is 4.52 Å². The van der Waals surface area contributed by atoms with Gasteiger partial charge in [-0.05, 0) is 6.07 Å². The fraction of sp³-hybridized carbons (Fsp3) is 0.125. The Morgan fingerprint density at radius 1 is 1.31 bits per heavy atom. The van der Waals surface area contributed by atoms with Crippen LogP contribution < -0.4 is 0 Å². The van der Waals surface area contributed by atoms with Gasteiger partial charge in [-0.15, -0.1) is 0 Å². The maximum absolute atomic E-state index is 4.72. The molecule has 2 rings (SSSR count). The molecule has 1 atom stereocenters. The van der Waals surface area contributed by atoms with E-state index in [1.54, 1.807) is 24.5 Å². The molecule has 0 N–H and O–H groups in total. The van der Waals surface area contributed by atoms with Gasteiger partial charge in [0.25, 0.3) is 0 Å². The summed E-state index contributed by atoms with van der Waals surface area (Å²) in [6, 6.07) is 3.54. The fourth-order valence-corrected chi connectivity index (χ4v) is 1.40. The SMILES string of the molecule is BrC(c1ccon1)c1ncccn1. The third kappa shape index (κ3) is 1.75. The van der Waals surface area contributed by atoms with E-state index in [1.807, 2.05) is 0 Å². The van der Waals surface area contributed by atoms with Crippen LogP contribution in [0, 0.1) is 0 Å². The third-order valence-electron chi connectivity index (χ3n) is 1.53. The molecular formula is C8H6BrN3O. The van der Waals surface area contributed by atoms with Crippen LogP contribution in [0.4, 0.5) is 0 Å². The highest BCUT2D eigenvalue weighted by Crippen LogP contribution is 2.25. The molecule has 2 aromatic rings. The van der Waals surface area contributed by atoms with Crippen LogP contribution in [0.5, 0.6) is 0 Å². The second kappa shape index (κ2) is 3.66. The van der Waals surface area contributed by atoms with Crippen LogP contribution in [0.2, 0.25) is 0 Å². The molecule has 0 aliphatic rings. The van der Waals surface area contributed by atoms with E-state index in [1.165, 1.54) is 6.26 Å². The van der Waals surface area contributed by atoms with Crippen LogP contribution in [0.1, 0.15) is 16.3 Å². The standard InChI is InChI=1S/C8H6BrN3O/c9-7(6-2-5-13-12-6)8-10-3-1-4-11-8/h1-5,7H. The summed E-state index contributed by atoms with van der Waals surface area (Å²) in [7, 11) is 0. The first kappa shape index (κ1) is 8.37. The van der Waals surface area contributed by atoms with E-state index in [0.717, 1.165) is 5.69 Å². The topological polar surface area (TPSA) is 51.8 Å². The Labute approximate surface area is 83.1 Å². The Morgan fingerprint density at radius 2 is 2.08 bits per heavy atom. The van der Waals surface area contributed by atoms with Gasteiger partial charge in [0.2, 0.25) is 0 Å². The monoisotopic (exact) mass is 239 g/mol. The van der Waals surface area contributed by atoms with E-state index in [2.05, 4.69) is 31.1 Å². The summed E-state index contributed by atoms with van der Waals surface area (Å²) in [5.74, 6) is 0.677. The second-order valence-electron chi connectivity index (χ2n) is 2.39. The number of halogens is 1. The first-order valence-electron chi connectivity index (χ1n) is 3.69. The Bertz CT molecular complexity index is 362. The number of aromatic nitrogens is 3. The summed E-state index contributed by atoms with van der Waals surface area (Å²) >= 11 is 3.43. The van der Waals surface area contributed by atoms with Gasteiger partial charge in [-0.2, -0.15) is 0 Å². The average Bonchev–Trinajstić information content (AvgIpc) is 2.71. The Kier molecular flexibility index (Phi) is 2.35. The van der Waals surface area contributed by atoms with E-state index in [4.69, 9.17) is 4.52 Å². The van der Waals surface area contributed by atoms with Gasteiger partial charge in [0.1, 0.15) is 22.6 Å². The molecular weight excluding hydrogens is 234 g/mol. The third-order valence-corrected chi connectivity index (χ3v) is 2.41. The summed E-state index contributed by atoms with van der Waals surface area (Å²) in [5.41, 5.74) is 0.770. The molecule has 5 heteroatoms. The zero-order chi connectivity index (χ0) is 9.10. The summed E-state index contributed by atoms with van der Waals surface area (Å²) in [6.45, 7) is 0. The van der Waals surface area contributed by atoms with E-state index in [0.29, 0.717) is 5.82 Å². The molecule has 0 amide bonds. The molecule has 13 heavy (non-hydrogen) atoms. The molecule has 0 aliphatic carbocycles. The minimum absolute atomic E-state index is 0.104. The molecule has 0 saturated carbocycles. The van der Waals surface area contributed by atoms with Crippen molar-refractivity contribution in [2.24, 2.45) is 0 Å². The van der Waals surface area contributed by atoms with Crippen molar-refractivity contribution in [1.29, 1.82) is 0 Å². The minimum atomic E-state index is -0.104. The van der Waals surface area contributed by atoms with E-state index >= 15 is 0 Å².